The molecule has 1 N–H and O–H groups in total. The second-order valence-electron chi connectivity index (χ2n) is 10.1. The van der Waals surface area contributed by atoms with Crippen LogP contribution in [0.5, 0.6) is 11.5 Å². The van der Waals surface area contributed by atoms with Gasteiger partial charge in [-0.3, -0.25) is 19.7 Å². The van der Waals surface area contributed by atoms with E-state index in [1.54, 1.807) is 4.90 Å². The van der Waals surface area contributed by atoms with Crippen LogP contribution in [0, 0.1) is 17.0 Å². The Balaban J connectivity index is 1.61. The lowest BCUT2D eigenvalue weighted by molar-refractivity contribution is -0.385. The summed E-state index contributed by atoms with van der Waals surface area (Å²) in [6, 6.07) is 20.9. The molecule has 210 valence electrons. The molecule has 1 unspecified atom stereocenters. The number of amides is 2. The molecule has 9 nitrogen and oxygen atoms in total. The van der Waals surface area contributed by atoms with Crippen LogP contribution in [0.4, 0.5) is 5.69 Å². The maximum absolute atomic E-state index is 13.8. The van der Waals surface area contributed by atoms with Gasteiger partial charge in [0.05, 0.1) is 12.0 Å². The van der Waals surface area contributed by atoms with Crippen molar-refractivity contribution < 1.29 is 24.0 Å². The molecule has 1 saturated carbocycles. The van der Waals surface area contributed by atoms with Crippen LogP contribution in [0.1, 0.15) is 42.4 Å². The smallest absolute Gasteiger partial charge is 0.311 e. The fourth-order valence-corrected chi connectivity index (χ4v) is 4.94. The quantitative estimate of drug-likeness (QED) is 0.254. The van der Waals surface area contributed by atoms with Crippen molar-refractivity contribution in [3.05, 3.63) is 99.6 Å². The summed E-state index contributed by atoms with van der Waals surface area (Å²) in [7, 11) is 1.33. The third-order valence-corrected chi connectivity index (χ3v) is 7.16. The second kappa shape index (κ2) is 13.6. The largest absolute Gasteiger partial charge is 0.490 e. The summed E-state index contributed by atoms with van der Waals surface area (Å²) in [6.07, 6.45) is 4.36. The first kappa shape index (κ1) is 28.6. The van der Waals surface area contributed by atoms with E-state index < -0.39 is 11.0 Å². The topological polar surface area (TPSA) is 111 Å². The molecule has 4 rings (SSSR count). The number of ether oxygens (including phenoxy) is 2. The number of benzene rings is 3. The van der Waals surface area contributed by atoms with E-state index in [4.69, 9.17) is 9.47 Å². The first-order valence-electron chi connectivity index (χ1n) is 13.5. The number of carbonyl (C=O) groups excluding carboxylic acids is 2. The van der Waals surface area contributed by atoms with Crippen molar-refractivity contribution >= 4 is 17.5 Å². The molecule has 0 spiro atoms. The summed E-state index contributed by atoms with van der Waals surface area (Å²) >= 11 is 0. The number of nitrogens with one attached hydrogen (secondary N) is 1. The van der Waals surface area contributed by atoms with Crippen molar-refractivity contribution in [1.29, 1.82) is 0 Å². The van der Waals surface area contributed by atoms with Gasteiger partial charge in [0.25, 0.3) is 5.91 Å². The van der Waals surface area contributed by atoms with Crippen LogP contribution < -0.4 is 14.8 Å². The van der Waals surface area contributed by atoms with Gasteiger partial charge in [-0.1, -0.05) is 73.0 Å². The predicted octanol–water partition coefficient (Wildman–Crippen LogP) is 4.99. The highest BCUT2D eigenvalue weighted by atomic mass is 16.6. The molecule has 0 aromatic heterocycles. The summed E-state index contributed by atoms with van der Waals surface area (Å²) in [4.78, 5) is 39.8. The normalized spacial score (nSPS) is 13.8. The Morgan fingerprint density at radius 2 is 1.73 bits per heavy atom. The van der Waals surface area contributed by atoms with Gasteiger partial charge in [0, 0.05) is 31.1 Å². The lowest BCUT2D eigenvalue weighted by Crippen LogP contribution is -2.53. The van der Waals surface area contributed by atoms with E-state index in [2.05, 4.69) is 5.32 Å². The number of hydrogen-bond donors (Lipinski definition) is 1. The summed E-state index contributed by atoms with van der Waals surface area (Å²) < 4.78 is 10.9. The van der Waals surface area contributed by atoms with E-state index >= 15 is 0 Å². The maximum atomic E-state index is 13.8. The van der Waals surface area contributed by atoms with Crippen LogP contribution in [-0.4, -0.2) is 47.4 Å². The van der Waals surface area contributed by atoms with E-state index in [9.17, 15) is 19.7 Å². The first-order valence-corrected chi connectivity index (χ1v) is 13.5. The van der Waals surface area contributed by atoms with Crippen molar-refractivity contribution in [3.63, 3.8) is 0 Å². The zero-order chi connectivity index (χ0) is 28.5. The molecule has 1 atom stereocenters. The number of nitro benzene ring substituents is 1. The van der Waals surface area contributed by atoms with Gasteiger partial charge in [-0.05, 0) is 37.0 Å². The van der Waals surface area contributed by atoms with Gasteiger partial charge in [-0.25, -0.2) is 0 Å². The summed E-state index contributed by atoms with van der Waals surface area (Å²) in [5, 5.41) is 14.4. The van der Waals surface area contributed by atoms with Gasteiger partial charge in [-0.2, -0.15) is 0 Å². The molecule has 2 amide bonds. The summed E-state index contributed by atoms with van der Waals surface area (Å²) in [5.41, 5.74) is 2.73. The Morgan fingerprint density at radius 3 is 2.38 bits per heavy atom. The second-order valence-corrected chi connectivity index (χ2v) is 10.1. The molecule has 1 fully saturated rings. The van der Waals surface area contributed by atoms with E-state index in [1.165, 1.54) is 25.3 Å². The molecule has 3 aromatic rings. The van der Waals surface area contributed by atoms with E-state index in [0.717, 1.165) is 42.4 Å². The standard InChI is InChI=1S/C31H35N3O6/c1-22-12-14-24(15-13-22)20-33(30(35)21-40-26-16-17-27(34(37)38)29(19-26)39-2)28(18-23-8-4-3-5-9-23)31(36)32-25-10-6-7-11-25/h3-5,8-9,12-17,19,25,28H,6-7,10-11,18,20-21H2,1-2H3,(H,32,36). The van der Waals surface area contributed by atoms with Crippen molar-refractivity contribution in [3.8, 4) is 11.5 Å². The van der Waals surface area contributed by atoms with Gasteiger partial charge in [0.15, 0.2) is 6.61 Å². The van der Waals surface area contributed by atoms with Crippen molar-refractivity contribution in [2.75, 3.05) is 13.7 Å². The highest BCUT2D eigenvalue weighted by Crippen LogP contribution is 2.31. The summed E-state index contributed by atoms with van der Waals surface area (Å²) in [5.74, 6) is -0.279. The minimum Gasteiger partial charge on any atom is -0.490 e. The fraction of sp³-hybridized carbons (Fsp3) is 0.355. The van der Waals surface area contributed by atoms with Crippen LogP contribution in [0.25, 0.3) is 0 Å². The monoisotopic (exact) mass is 545 g/mol. The molecule has 0 heterocycles. The van der Waals surface area contributed by atoms with Crippen LogP contribution in [0.15, 0.2) is 72.8 Å². The molecule has 0 saturated heterocycles. The average molecular weight is 546 g/mol. The molecule has 1 aliphatic rings. The maximum Gasteiger partial charge on any atom is 0.311 e. The minimum atomic E-state index is -0.758. The first-order chi connectivity index (χ1) is 19.3. The highest BCUT2D eigenvalue weighted by Gasteiger charge is 2.32. The predicted molar refractivity (Wildman–Crippen MR) is 151 cm³/mol. The van der Waals surface area contributed by atoms with E-state index in [-0.39, 0.29) is 48.2 Å². The molecule has 1 aliphatic carbocycles. The molecule has 0 bridgehead atoms. The highest BCUT2D eigenvalue weighted by molar-refractivity contribution is 5.88. The Bertz CT molecular complexity index is 1310. The van der Waals surface area contributed by atoms with Gasteiger partial charge < -0.3 is 19.7 Å². The lowest BCUT2D eigenvalue weighted by Gasteiger charge is -2.32. The van der Waals surface area contributed by atoms with Gasteiger partial charge >= 0.3 is 5.69 Å². The Morgan fingerprint density at radius 1 is 1.02 bits per heavy atom. The molecular weight excluding hydrogens is 510 g/mol. The molecule has 0 radical (unpaired) electrons. The van der Waals surface area contributed by atoms with Crippen LogP contribution in [-0.2, 0) is 22.6 Å². The molecule has 3 aromatic carbocycles. The van der Waals surface area contributed by atoms with Crippen molar-refractivity contribution in [2.24, 2.45) is 0 Å². The number of nitro groups is 1. The van der Waals surface area contributed by atoms with Gasteiger partial charge in [0.1, 0.15) is 11.8 Å². The molecule has 0 aliphatic heterocycles. The molecule has 40 heavy (non-hydrogen) atoms. The fourth-order valence-electron chi connectivity index (χ4n) is 4.94. The number of methoxy groups -OCH3 is 1. The van der Waals surface area contributed by atoms with Crippen LogP contribution in [0.3, 0.4) is 0 Å². The number of nitrogens with zero attached hydrogens (tertiary/aromatic N) is 2. The summed E-state index contributed by atoms with van der Waals surface area (Å²) in [6.45, 7) is 1.86. The van der Waals surface area contributed by atoms with E-state index in [0.29, 0.717) is 6.42 Å². The van der Waals surface area contributed by atoms with Crippen molar-refractivity contribution in [2.45, 2.75) is 57.7 Å². The van der Waals surface area contributed by atoms with Crippen LogP contribution >= 0.6 is 0 Å². The Kier molecular flexibility index (Phi) is 9.72. The number of aryl methyl sites for hydroxylation is 1. The van der Waals surface area contributed by atoms with Crippen molar-refractivity contribution in [1.82, 2.24) is 10.2 Å². The molecular formula is C31H35N3O6. The number of rotatable bonds is 12. The third-order valence-electron chi connectivity index (χ3n) is 7.16. The van der Waals surface area contributed by atoms with Crippen LogP contribution in [0.2, 0.25) is 0 Å². The number of hydrogen-bond acceptors (Lipinski definition) is 6. The molecule has 9 heteroatoms. The SMILES string of the molecule is COc1cc(OCC(=O)N(Cc2ccc(C)cc2)C(Cc2ccccc2)C(=O)NC2CCCC2)ccc1[N+](=O)[O-]. The average Bonchev–Trinajstić information content (AvgIpc) is 3.47. The van der Waals surface area contributed by atoms with Gasteiger partial charge in [-0.15, -0.1) is 0 Å². The van der Waals surface area contributed by atoms with Gasteiger partial charge in [0.2, 0.25) is 11.7 Å². The third kappa shape index (κ3) is 7.59. The minimum absolute atomic E-state index is 0.0318. The zero-order valence-electron chi connectivity index (χ0n) is 22.9. The zero-order valence-corrected chi connectivity index (χ0v) is 22.9. The lowest BCUT2D eigenvalue weighted by atomic mass is 10.0. The Hall–Kier alpha value is -4.40. The number of carbonyl (C=O) groups is 2. The Labute approximate surface area is 234 Å². The van der Waals surface area contributed by atoms with E-state index in [1.807, 2.05) is 61.5 Å².